The standard InChI is InChI=1S/C15H17ClN4O5/c1-15(22,9-19-8-12(20(23)24)18-13(19)16)10-25-14(21)17-7-11-5-3-2-4-6-11/h2-6,8,22H,7,9-10H2,1H3,(H,17,21). The molecule has 1 amide bonds. The second-order valence-electron chi connectivity index (χ2n) is 5.67. The number of alkyl carbamates (subject to hydrolysis) is 1. The predicted molar refractivity (Wildman–Crippen MR) is 89.1 cm³/mol. The molecule has 0 saturated heterocycles. The monoisotopic (exact) mass is 368 g/mol. The molecule has 0 bridgehead atoms. The molecular weight excluding hydrogens is 352 g/mol. The molecule has 0 aliphatic rings. The Labute approximate surface area is 148 Å². The molecule has 25 heavy (non-hydrogen) atoms. The molecule has 2 aromatic rings. The molecule has 0 aliphatic carbocycles. The number of imidazole rings is 1. The average molecular weight is 369 g/mol. The summed E-state index contributed by atoms with van der Waals surface area (Å²) in [5.74, 6) is -0.428. The molecule has 10 heteroatoms. The van der Waals surface area contributed by atoms with Crippen molar-refractivity contribution in [3.05, 3.63) is 57.5 Å². The Balaban J connectivity index is 1.84. The Bertz CT molecular complexity index is 748. The number of halogens is 1. The molecule has 0 fully saturated rings. The van der Waals surface area contributed by atoms with E-state index >= 15 is 0 Å². The predicted octanol–water partition coefficient (Wildman–Crippen LogP) is 2.12. The molecule has 0 saturated carbocycles. The largest absolute Gasteiger partial charge is 0.446 e. The summed E-state index contributed by atoms with van der Waals surface area (Å²) in [7, 11) is 0. The topological polar surface area (TPSA) is 120 Å². The van der Waals surface area contributed by atoms with E-state index in [-0.39, 0.29) is 18.4 Å². The number of rotatable bonds is 7. The summed E-state index contributed by atoms with van der Waals surface area (Å²) in [6, 6.07) is 9.27. The van der Waals surface area contributed by atoms with Gasteiger partial charge in [-0.3, -0.25) is 4.57 Å². The van der Waals surface area contributed by atoms with Crippen molar-refractivity contribution in [2.45, 2.75) is 25.6 Å². The van der Waals surface area contributed by atoms with E-state index in [2.05, 4.69) is 10.3 Å². The van der Waals surface area contributed by atoms with Crippen LogP contribution in [0.25, 0.3) is 0 Å². The van der Waals surface area contributed by atoms with Crippen LogP contribution in [0.2, 0.25) is 5.28 Å². The van der Waals surface area contributed by atoms with Crippen LogP contribution in [0.4, 0.5) is 10.6 Å². The lowest BCUT2D eigenvalue weighted by Crippen LogP contribution is -2.38. The number of ether oxygens (including phenoxy) is 1. The number of aromatic nitrogens is 2. The van der Waals surface area contributed by atoms with E-state index in [4.69, 9.17) is 16.3 Å². The van der Waals surface area contributed by atoms with Crippen molar-refractivity contribution < 1.29 is 19.6 Å². The van der Waals surface area contributed by atoms with Gasteiger partial charge in [0.15, 0.2) is 0 Å². The molecule has 0 spiro atoms. The summed E-state index contributed by atoms with van der Waals surface area (Å²) < 4.78 is 6.20. The maximum atomic E-state index is 11.7. The number of amides is 1. The fraction of sp³-hybridized carbons (Fsp3) is 0.333. The highest BCUT2D eigenvalue weighted by molar-refractivity contribution is 6.28. The van der Waals surface area contributed by atoms with Crippen LogP contribution in [-0.2, 0) is 17.8 Å². The lowest BCUT2D eigenvalue weighted by Gasteiger charge is -2.23. The van der Waals surface area contributed by atoms with Gasteiger partial charge in [0.05, 0.1) is 6.54 Å². The van der Waals surface area contributed by atoms with Crippen molar-refractivity contribution in [3.8, 4) is 0 Å². The zero-order valence-electron chi connectivity index (χ0n) is 13.4. The zero-order valence-corrected chi connectivity index (χ0v) is 14.1. The van der Waals surface area contributed by atoms with Crippen LogP contribution >= 0.6 is 11.6 Å². The highest BCUT2D eigenvalue weighted by atomic mass is 35.5. The molecule has 1 aromatic heterocycles. The first-order chi connectivity index (χ1) is 11.8. The summed E-state index contributed by atoms with van der Waals surface area (Å²) in [5, 5.41) is 23.4. The van der Waals surface area contributed by atoms with E-state index in [1.165, 1.54) is 11.5 Å². The van der Waals surface area contributed by atoms with Crippen molar-refractivity contribution in [1.82, 2.24) is 14.9 Å². The first kappa shape index (κ1) is 18.7. The van der Waals surface area contributed by atoms with Gasteiger partial charge in [0.2, 0.25) is 0 Å². The Morgan fingerprint density at radius 1 is 1.48 bits per heavy atom. The summed E-state index contributed by atoms with van der Waals surface area (Å²) in [6.07, 6.45) is 0.415. The molecule has 1 atom stereocenters. The highest BCUT2D eigenvalue weighted by Gasteiger charge is 2.27. The van der Waals surface area contributed by atoms with Crippen molar-refractivity contribution in [2.24, 2.45) is 0 Å². The number of carbonyl (C=O) groups is 1. The summed E-state index contributed by atoms with van der Waals surface area (Å²) in [5.41, 5.74) is -0.578. The second kappa shape index (κ2) is 7.95. The number of carbonyl (C=O) groups excluding carboxylic acids is 1. The van der Waals surface area contributed by atoms with Gasteiger partial charge in [0.25, 0.3) is 0 Å². The molecule has 1 aromatic carbocycles. The van der Waals surface area contributed by atoms with Gasteiger partial charge in [0.1, 0.15) is 18.4 Å². The van der Waals surface area contributed by atoms with E-state index in [0.29, 0.717) is 6.54 Å². The number of hydrogen-bond acceptors (Lipinski definition) is 6. The Morgan fingerprint density at radius 3 is 2.76 bits per heavy atom. The van der Waals surface area contributed by atoms with E-state index < -0.39 is 22.4 Å². The molecule has 134 valence electrons. The van der Waals surface area contributed by atoms with Crippen LogP contribution in [0.15, 0.2) is 36.5 Å². The van der Waals surface area contributed by atoms with Gasteiger partial charge >= 0.3 is 17.2 Å². The summed E-state index contributed by atoms with van der Waals surface area (Å²) in [4.78, 5) is 25.2. The number of nitrogens with one attached hydrogen (secondary N) is 1. The number of aliphatic hydroxyl groups is 1. The molecular formula is C15H17ClN4O5. The Hall–Kier alpha value is -2.65. The Kier molecular flexibility index (Phi) is 5.94. The van der Waals surface area contributed by atoms with E-state index in [1.807, 2.05) is 30.3 Å². The van der Waals surface area contributed by atoms with Gasteiger partial charge in [-0.05, 0) is 34.0 Å². The van der Waals surface area contributed by atoms with Crippen molar-refractivity contribution in [1.29, 1.82) is 0 Å². The number of nitro groups is 1. The van der Waals surface area contributed by atoms with Crippen LogP contribution in [0.1, 0.15) is 12.5 Å². The zero-order chi connectivity index (χ0) is 18.4. The normalized spacial score (nSPS) is 13.1. The third-order valence-electron chi connectivity index (χ3n) is 3.21. The van der Waals surface area contributed by atoms with Gasteiger partial charge in [-0.1, -0.05) is 30.3 Å². The first-order valence-corrected chi connectivity index (χ1v) is 7.69. The number of nitrogens with zero attached hydrogens (tertiary/aromatic N) is 3. The lowest BCUT2D eigenvalue weighted by atomic mass is 10.1. The summed E-state index contributed by atoms with van der Waals surface area (Å²) >= 11 is 5.79. The lowest BCUT2D eigenvalue weighted by molar-refractivity contribution is -0.389. The van der Waals surface area contributed by atoms with E-state index in [9.17, 15) is 20.0 Å². The van der Waals surface area contributed by atoms with Crippen molar-refractivity contribution in [3.63, 3.8) is 0 Å². The van der Waals surface area contributed by atoms with Crippen molar-refractivity contribution >= 4 is 23.5 Å². The van der Waals surface area contributed by atoms with Crippen LogP contribution in [0, 0.1) is 10.1 Å². The minimum Gasteiger partial charge on any atom is -0.446 e. The number of benzene rings is 1. The van der Waals surface area contributed by atoms with Gasteiger partial charge < -0.3 is 25.3 Å². The van der Waals surface area contributed by atoms with Crippen LogP contribution in [-0.4, -0.2) is 37.9 Å². The maximum absolute atomic E-state index is 11.7. The van der Waals surface area contributed by atoms with E-state index in [0.717, 1.165) is 11.8 Å². The minimum absolute atomic E-state index is 0.126. The van der Waals surface area contributed by atoms with Gasteiger partial charge in [-0.25, -0.2) is 4.79 Å². The van der Waals surface area contributed by atoms with Crippen LogP contribution in [0.3, 0.4) is 0 Å². The number of hydrogen-bond donors (Lipinski definition) is 2. The molecule has 0 radical (unpaired) electrons. The van der Waals surface area contributed by atoms with Gasteiger partial charge in [0, 0.05) is 6.54 Å². The SMILES string of the molecule is CC(O)(COC(=O)NCc1ccccc1)Cn1cc([N+](=O)[O-])nc1Cl. The molecule has 2 N–H and O–H groups in total. The molecule has 1 unspecified atom stereocenters. The fourth-order valence-corrected chi connectivity index (χ4v) is 2.23. The first-order valence-electron chi connectivity index (χ1n) is 7.31. The van der Waals surface area contributed by atoms with Gasteiger partial charge in [-0.2, -0.15) is 0 Å². The molecule has 1 heterocycles. The Morgan fingerprint density at radius 2 is 2.16 bits per heavy atom. The van der Waals surface area contributed by atoms with Crippen molar-refractivity contribution in [2.75, 3.05) is 6.61 Å². The third-order valence-corrected chi connectivity index (χ3v) is 3.51. The second-order valence-corrected chi connectivity index (χ2v) is 6.00. The highest BCUT2D eigenvalue weighted by Crippen LogP contribution is 2.19. The fourth-order valence-electron chi connectivity index (χ4n) is 2.03. The molecule has 9 nitrogen and oxygen atoms in total. The van der Waals surface area contributed by atoms with E-state index in [1.54, 1.807) is 0 Å². The third kappa shape index (κ3) is 5.73. The smallest absolute Gasteiger partial charge is 0.407 e. The quantitative estimate of drug-likeness (QED) is 0.570. The maximum Gasteiger partial charge on any atom is 0.407 e. The molecule has 2 rings (SSSR count). The average Bonchev–Trinajstić information content (AvgIpc) is 2.92. The molecule has 0 aliphatic heterocycles. The van der Waals surface area contributed by atoms with Crippen LogP contribution in [0.5, 0.6) is 0 Å². The van der Waals surface area contributed by atoms with Crippen LogP contribution < -0.4 is 5.32 Å². The minimum atomic E-state index is -1.48. The summed E-state index contributed by atoms with van der Waals surface area (Å²) in [6.45, 7) is 1.26. The van der Waals surface area contributed by atoms with Gasteiger partial charge in [-0.15, -0.1) is 0 Å².